The second-order valence-electron chi connectivity index (χ2n) is 23.4. The molecule has 0 bridgehead atoms. The Morgan fingerprint density at radius 3 is 0.731 bits per heavy atom. The third-order valence-corrected chi connectivity index (χ3v) is 15.5. The van der Waals surface area contributed by atoms with Gasteiger partial charge < -0.3 is 14.2 Å². The summed E-state index contributed by atoms with van der Waals surface area (Å²) in [6, 6.07) is 0. The molecule has 0 aliphatic heterocycles. The molecule has 0 aromatic heterocycles. The van der Waals surface area contributed by atoms with Crippen LogP contribution in [0.3, 0.4) is 0 Å². The number of esters is 3. The number of unbranched alkanes of at least 4 members (excludes halogenated alkanes) is 45. The molecular formula is C72H132O6. The van der Waals surface area contributed by atoms with E-state index in [0.717, 1.165) is 70.6 Å². The summed E-state index contributed by atoms with van der Waals surface area (Å²) in [5, 5.41) is 0. The van der Waals surface area contributed by atoms with Crippen molar-refractivity contribution in [2.24, 2.45) is 0 Å². The van der Waals surface area contributed by atoms with Crippen LogP contribution >= 0.6 is 0 Å². The lowest BCUT2D eigenvalue weighted by atomic mass is 10.0. The number of allylic oxidation sites excluding steroid dienone is 8. The maximum Gasteiger partial charge on any atom is 0.306 e. The van der Waals surface area contributed by atoms with E-state index in [0.29, 0.717) is 19.3 Å². The fourth-order valence-electron chi connectivity index (χ4n) is 10.3. The summed E-state index contributed by atoms with van der Waals surface area (Å²) in [4.78, 5) is 38.4. The maximum absolute atomic E-state index is 12.9. The summed E-state index contributed by atoms with van der Waals surface area (Å²) in [5.41, 5.74) is 0. The molecule has 6 nitrogen and oxygen atoms in total. The SMILES string of the molecule is CCCCCC/C=C\C/C=C\CCCCCCCCCC(=O)OC(COC(=O)CCCCCCCCC/C=C\CCCCCCCC)COC(=O)CCCCCCCCCCCCCCC/C=C\CCCCCCCCCC. The number of hydrogen-bond acceptors (Lipinski definition) is 6. The zero-order chi connectivity index (χ0) is 56.4. The molecule has 0 saturated carbocycles. The van der Waals surface area contributed by atoms with Crippen LogP contribution in [0.1, 0.15) is 374 Å². The third kappa shape index (κ3) is 64.2. The molecule has 0 saturated heterocycles. The smallest absolute Gasteiger partial charge is 0.306 e. The first-order chi connectivity index (χ1) is 38.5. The number of carbonyl (C=O) groups excluding carboxylic acids is 3. The highest BCUT2D eigenvalue weighted by Crippen LogP contribution is 2.17. The Hall–Kier alpha value is -2.63. The van der Waals surface area contributed by atoms with E-state index in [1.807, 2.05) is 0 Å². The van der Waals surface area contributed by atoms with Crippen molar-refractivity contribution in [2.75, 3.05) is 13.2 Å². The molecule has 78 heavy (non-hydrogen) atoms. The van der Waals surface area contributed by atoms with E-state index in [1.54, 1.807) is 0 Å². The Bertz CT molecular complexity index is 1350. The Morgan fingerprint density at radius 2 is 0.462 bits per heavy atom. The minimum atomic E-state index is -0.780. The van der Waals surface area contributed by atoms with Crippen molar-refractivity contribution in [1.29, 1.82) is 0 Å². The highest BCUT2D eigenvalue weighted by molar-refractivity contribution is 5.71. The van der Waals surface area contributed by atoms with Gasteiger partial charge in [-0.3, -0.25) is 14.4 Å². The third-order valence-electron chi connectivity index (χ3n) is 15.5. The second kappa shape index (κ2) is 66.9. The van der Waals surface area contributed by atoms with Crippen molar-refractivity contribution in [3.63, 3.8) is 0 Å². The van der Waals surface area contributed by atoms with Gasteiger partial charge in [-0.2, -0.15) is 0 Å². The summed E-state index contributed by atoms with van der Waals surface area (Å²) in [6.07, 6.45) is 84.1. The van der Waals surface area contributed by atoms with Gasteiger partial charge in [0.1, 0.15) is 13.2 Å². The summed E-state index contributed by atoms with van der Waals surface area (Å²) >= 11 is 0. The predicted octanol–water partition coefficient (Wildman–Crippen LogP) is 23.7. The van der Waals surface area contributed by atoms with Gasteiger partial charge in [0.05, 0.1) is 0 Å². The van der Waals surface area contributed by atoms with Gasteiger partial charge in [0, 0.05) is 19.3 Å². The Morgan fingerprint density at radius 1 is 0.256 bits per heavy atom. The average molecular weight is 1090 g/mol. The first-order valence-electron chi connectivity index (χ1n) is 34.6. The molecule has 6 heteroatoms. The van der Waals surface area contributed by atoms with Crippen LogP contribution in [-0.4, -0.2) is 37.2 Å². The van der Waals surface area contributed by atoms with E-state index >= 15 is 0 Å². The van der Waals surface area contributed by atoms with E-state index in [-0.39, 0.29) is 31.1 Å². The van der Waals surface area contributed by atoms with Crippen molar-refractivity contribution >= 4 is 17.9 Å². The molecule has 0 aliphatic carbocycles. The Labute approximate surface area is 486 Å². The molecule has 1 atom stereocenters. The average Bonchev–Trinajstić information content (AvgIpc) is 3.44. The van der Waals surface area contributed by atoms with Crippen molar-refractivity contribution in [1.82, 2.24) is 0 Å². The number of hydrogen-bond donors (Lipinski definition) is 0. The highest BCUT2D eigenvalue weighted by Gasteiger charge is 2.19. The van der Waals surface area contributed by atoms with Crippen molar-refractivity contribution in [3.05, 3.63) is 48.6 Å². The number of carbonyl (C=O) groups is 3. The van der Waals surface area contributed by atoms with Gasteiger partial charge in [0.2, 0.25) is 0 Å². The quantitative estimate of drug-likeness (QED) is 0.0261. The van der Waals surface area contributed by atoms with Gasteiger partial charge in [-0.25, -0.2) is 0 Å². The Balaban J connectivity index is 4.30. The summed E-state index contributed by atoms with van der Waals surface area (Å²) in [7, 11) is 0. The molecule has 0 fully saturated rings. The molecule has 0 aliphatic rings. The standard InChI is InChI=1S/C72H132O6/c1-4-7-10-13-16-19-22-25-28-31-33-34-35-36-37-38-39-42-44-47-50-53-56-59-62-65-71(74)77-68-69(67-76-70(73)64-61-58-55-52-49-46-43-40-30-27-24-21-18-15-12-9-6-3)78-72(75)66-63-60-57-54-51-48-45-41-32-29-26-23-20-17-14-11-8-5-2/h20,23,27,29-33,69H,4-19,21-22,24-26,28,34-68H2,1-3H3/b23-20-,30-27-,32-29-,33-31-. The highest BCUT2D eigenvalue weighted by atomic mass is 16.6. The molecule has 0 N–H and O–H groups in total. The molecule has 456 valence electrons. The van der Waals surface area contributed by atoms with Gasteiger partial charge in [0.25, 0.3) is 0 Å². The Kier molecular flexibility index (Phi) is 64.6. The normalized spacial score (nSPS) is 12.3. The van der Waals surface area contributed by atoms with Crippen molar-refractivity contribution in [3.8, 4) is 0 Å². The zero-order valence-corrected chi connectivity index (χ0v) is 52.5. The maximum atomic E-state index is 12.9. The molecule has 1 unspecified atom stereocenters. The van der Waals surface area contributed by atoms with Crippen LogP contribution in [0.4, 0.5) is 0 Å². The van der Waals surface area contributed by atoms with Gasteiger partial charge in [-0.15, -0.1) is 0 Å². The lowest BCUT2D eigenvalue weighted by Crippen LogP contribution is -2.30. The van der Waals surface area contributed by atoms with E-state index in [2.05, 4.69) is 69.4 Å². The first kappa shape index (κ1) is 75.4. The molecule has 0 radical (unpaired) electrons. The zero-order valence-electron chi connectivity index (χ0n) is 52.5. The lowest BCUT2D eigenvalue weighted by molar-refractivity contribution is -0.167. The topological polar surface area (TPSA) is 78.9 Å². The van der Waals surface area contributed by atoms with Crippen LogP contribution in [0.5, 0.6) is 0 Å². The minimum absolute atomic E-state index is 0.0748. The molecule has 0 aromatic rings. The molecule has 0 heterocycles. The number of rotatable bonds is 64. The van der Waals surface area contributed by atoms with Crippen LogP contribution in [-0.2, 0) is 28.6 Å². The van der Waals surface area contributed by atoms with E-state index in [1.165, 1.54) is 263 Å². The number of ether oxygens (including phenoxy) is 3. The van der Waals surface area contributed by atoms with Crippen LogP contribution in [0.15, 0.2) is 48.6 Å². The van der Waals surface area contributed by atoms with Gasteiger partial charge in [0.15, 0.2) is 6.10 Å². The van der Waals surface area contributed by atoms with E-state index in [4.69, 9.17) is 14.2 Å². The van der Waals surface area contributed by atoms with E-state index in [9.17, 15) is 14.4 Å². The van der Waals surface area contributed by atoms with Crippen molar-refractivity contribution in [2.45, 2.75) is 380 Å². The molecule has 0 spiro atoms. The van der Waals surface area contributed by atoms with Crippen LogP contribution in [0.2, 0.25) is 0 Å². The van der Waals surface area contributed by atoms with Crippen LogP contribution in [0.25, 0.3) is 0 Å². The largest absolute Gasteiger partial charge is 0.462 e. The fourth-order valence-corrected chi connectivity index (χ4v) is 10.3. The lowest BCUT2D eigenvalue weighted by Gasteiger charge is -2.18. The second-order valence-corrected chi connectivity index (χ2v) is 23.4. The van der Waals surface area contributed by atoms with Gasteiger partial charge in [-0.05, 0) is 103 Å². The van der Waals surface area contributed by atoms with Gasteiger partial charge in [-0.1, -0.05) is 301 Å². The molecular weight excluding hydrogens is 961 g/mol. The van der Waals surface area contributed by atoms with Crippen molar-refractivity contribution < 1.29 is 28.6 Å². The first-order valence-corrected chi connectivity index (χ1v) is 34.6. The summed E-state index contributed by atoms with van der Waals surface area (Å²) in [5.74, 6) is -0.864. The van der Waals surface area contributed by atoms with E-state index < -0.39 is 6.10 Å². The molecule has 0 aromatic carbocycles. The molecule has 0 rings (SSSR count). The van der Waals surface area contributed by atoms with Crippen LogP contribution < -0.4 is 0 Å². The summed E-state index contributed by atoms with van der Waals surface area (Å²) in [6.45, 7) is 6.67. The fraction of sp³-hybridized carbons (Fsp3) is 0.847. The van der Waals surface area contributed by atoms with Crippen LogP contribution in [0, 0.1) is 0 Å². The monoisotopic (exact) mass is 1090 g/mol. The summed E-state index contributed by atoms with van der Waals surface area (Å²) < 4.78 is 17.0. The molecule has 0 amide bonds. The van der Waals surface area contributed by atoms with Gasteiger partial charge >= 0.3 is 17.9 Å². The predicted molar refractivity (Wildman–Crippen MR) is 339 cm³/mol. The minimum Gasteiger partial charge on any atom is -0.462 e.